The van der Waals surface area contributed by atoms with Crippen molar-refractivity contribution in [2.45, 2.75) is 62.4 Å². The van der Waals surface area contributed by atoms with Gasteiger partial charge in [0.25, 0.3) is 0 Å². The fraction of sp³-hybridized carbons (Fsp3) is 0.500. The van der Waals surface area contributed by atoms with Crippen molar-refractivity contribution in [3.05, 3.63) is 29.8 Å². The van der Waals surface area contributed by atoms with Crippen LogP contribution in [0.25, 0.3) is 6.08 Å². The maximum Gasteiger partial charge on any atom is 0.330 e. The largest absolute Gasteiger partial charge is 0.458 e. The summed E-state index contributed by atoms with van der Waals surface area (Å²) in [6.07, 6.45) is 3.02. The molecule has 0 aromatic heterocycles. The molecule has 0 radical (unpaired) electrons. The first kappa shape index (κ1) is 21.5. The third-order valence-electron chi connectivity index (χ3n) is 5.19. The van der Waals surface area contributed by atoms with Crippen LogP contribution in [0.1, 0.15) is 40.2 Å². The lowest BCUT2D eigenvalue weighted by atomic mass is 9.95. The van der Waals surface area contributed by atoms with E-state index < -0.39 is 28.4 Å². The van der Waals surface area contributed by atoms with Crippen LogP contribution < -0.4 is 14.8 Å². The van der Waals surface area contributed by atoms with Gasteiger partial charge >= 0.3 is 5.97 Å². The van der Waals surface area contributed by atoms with Gasteiger partial charge in [0.15, 0.2) is 11.5 Å². The van der Waals surface area contributed by atoms with Crippen molar-refractivity contribution in [1.29, 1.82) is 0 Å². The SMILES string of the molecule is CC(C)(C)OC(=O)[C@@H]1N2C(=O)[C@@H](NC(=O)/C=C/c3ccc4c(c3)OCO4)[C@H]2SC1(C)C. The maximum atomic E-state index is 12.8. The van der Waals surface area contributed by atoms with Gasteiger partial charge in [0, 0.05) is 10.8 Å². The lowest BCUT2D eigenvalue weighted by Gasteiger charge is -2.44. The molecule has 1 aromatic rings. The molecular weight excluding hydrogens is 420 g/mol. The van der Waals surface area contributed by atoms with Gasteiger partial charge in [-0.15, -0.1) is 11.8 Å². The number of esters is 1. The lowest BCUT2D eigenvalue weighted by Crippen LogP contribution is -2.70. The van der Waals surface area contributed by atoms with Gasteiger partial charge in [0.2, 0.25) is 18.6 Å². The molecule has 4 rings (SSSR count). The monoisotopic (exact) mass is 446 g/mol. The molecule has 1 N–H and O–H groups in total. The summed E-state index contributed by atoms with van der Waals surface area (Å²) in [5.41, 5.74) is 0.138. The number of carbonyl (C=O) groups excluding carboxylic acids is 3. The van der Waals surface area contributed by atoms with Crippen molar-refractivity contribution in [2.24, 2.45) is 0 Å². The van der Waals surface area contributed by atoms with Gasteiger partial charge in [-0.3, -0.25) is 9.59 Å². The van der Waals surface area contributed by atoms with Crippen LogP contribution in [-0.4, -0.2) is 57.3 Å². The Labute approximate surface area is 185 Å². The van der Waals surface area contributed by atoms with Crippen LogP contribution in [0.2, 0.25) is 0 Å². The average Bonchev–Trinajstić information content (AvgIpc) is 3.22. The highest BCUT2D eigenvalue weighted by Gasteiger charge is 2.64. The van der Waals surface area contributed by atoms with Crippen LogP contribution in [0.15, 0.2) is 24.3 Å². The zero-order valence-corrected chi connectivity index (χ0v) is 18.9. The van der Waals surface area contributed by atoms with Gasteiger partial charge in [-0.25, -0.2) is 4.79 Å². The molecule has 0 unspecified atom stereocenters. The van der Waals surface area contributed by atoms with Crippen LogP contribution in [0, 0.1) is 0 Å². The molecule has 2 amide bonds. The molecule has 31 heavy (non-hydrogen) atoms. The van der Waals surface area contributed by atoms with Crippen LogP contribution in [0.3, 0.4) is 0 Å². The summed E-state index contributed by atoms with van der Waals surface area (Å²) in [6, 6.07) is 4.01. The molecule has 0 saturated carbocycles. The predicted octanol–water partition coefficient (Wildman–Crippen LogP) is 2.32. The van der Waals surface area contributed by atoms with Crippen molar-refractivity contribution >= 4 is 35.6 Å². The summed E-state index contributed by atoms with van der Waals surface area (Å²) in [6.45, 7) is 9.40. The zero-order chi connectivity index (χ0) is 22.6. The number of amides is 2. The first-order chi connectivity index (χ1) is 14.5. The van der Waals surface area contributed by atoms with Gasteiger partial charge in [-0.1, -0.05) is 6.07 Å². The molecule has 2 saturated heterocycles. The van der Waals surface area contributed by atoms with Gasteiger partial charge in [0.05, 0.1) is 0 Å². The molecule has 2 fully saturated rings. The molecular formula is C22H26N2O6S. The maximum absolute atomic E-state index is 12.8. The first-order valence-electron chi connectivity index (χ1n) is 10.1. The van der Waals surface area contributed by atoms with Gasteiger partial charge in [-0.2, -0.15) is 0 Å². The van der Waals surface area contributed by atoms with E-state index in [0.29, 0.717) is 11.5 Å². The average molecular weight is 447 g/mol. The molecule has 3 heterocycles. The normalized spacial score (nSPS) is 25.9. The fourth-order valence-corrected chi connectivity index (χ4v) is 5.49. The summed E-state index contributed by atoms with van der Waals surface area (Å²) in [5.74, 6) is 0.221. The van der Waals surface area contributed by atoms with E-state index in [2.05, 4.69) is 5.32 Å². The number of hydrogen-bond acceptors (Lipinski definition) is 7. The molecule has 0 spiro atoms. The molecule has 166 valence electrons. The third kappa shape index (κ3) is 4.11. The van der Waals surface area contributed by atoms with Gasteiger partial charge < -0.3 is 24.4 Å². The number of carbonyl (C=O) groups is 3. The Morgan fingerprint density at radius 3 is 2.68 bits per heavy atom. The van der Waals surface area contributed by atoms with Crippen molar-refractivity contribution in [1.82, 2.24) is 10.2 Å². The molecule has 3 aliphatic rings. The molecule has 0 aliphatic carbocycles. The number of ether oxygens (including phenoxy) is 3. The second kappa shape index (κ2) is 7.47. The van der Waals surface area contributed by atoms with Gasteiger partial charge in [0.1, 0.15) is 23.1 Å². The van der Waals surface area contributed by atoms with E-state index in [-0.39, 0.29) is 24.0 Å². The molecule has 8 nitrogen and oxygen atoms in total. The zero-order valence-electron chi connectivity index (χ0n) is 18.1. The Morgan fingerprint density at radius 2 is 1.97 bits per heavy atom. The van der Waals surface area contributed by atoms with Crippen molar-refractivity contribution in [3.63, 3.8) is 0 Å². The van der Waals surface area contributed by atoms with E-state index >= 15 is 0 Å². The summed E-state index contributed by atoms with van der Waals surface area (Å²) >= 11 is 1.50. The van der Waals surface area contributed by atoms with Crippen LogP contribution in [-0.2, 0) is 19.1 Å². The Morgan fingerprint density at radius 1 is 1.26 bits per heavy atom. The molecule has 0 bridgehead atoms. The summed E-state index contributed by atoms with van der Waals surface area (Å²) in [4.78, 5) is 39.5. The summed E-state index contributed by atoms with van der Waals surface area (Å²) in [5, 5.41) is 2.46. The van der Waals surface area contributed by atoms with Crippen LogP contribution in [0.4, 0.5) is 0 Å². The van der Waals surface area contributed by atoms with E-state index in [1.54, 1.807) is 39.0 Å². The predicted molar refractivity (Wildman–Crippen MR) is 115 cm³/mol. The third-order valence-corrected chi connectivity index (χ3v) is 6.76. The van der Waals surface area contributed by atoms with Crippen molar-refractivity contribution < 1.29 is 28.6 Å². The minimum absolute atomic E-state index is 0.184. The second-order valence-electron chi connectivity index (χ2n) is 9.23. The molecule has 3 atom stereocenters. The standard InChI is InChI=1S/C22H26N2O6S/c1-21(2,3)30-20(27)17-22(4,5)31-19-16(18(26)24(17)19)23-15(25)9-7-12-6-8-13-14(10-12)29-11-28-13/h6-10,16-17,19H,11H2,1-5H3,(H,23,25)/b9-7+/t16-,17+,19-/m1/s1. The number of fused-ring (bicyclic) bond motifs is 2. The van der Waals surface area contributed by atoms with Crippen molar-refractivity contribution in [3.8, 4) is 11.5 Å². The number of nitrogens with zero attached hydrogens (tertiary/aromatic N) is 1. The van der Waals surface area contributed by atoms with Gasteiger partial charge in [-0.05, 0) is 58.4 Å². The summed E-state index contributed by atoms with van der Waals surface area (Å²) < 4.78 is 15.6. The fourth-order valence-electron chi connectivity index (χ4n) is 3.87. The minimum Gasteiger partial charge on any atom is -0.458 e. The van der Waals surface area contributed by atoms with E-state index in [1.807, 2.05) is 19.9 Å². The lowest BCUT2D eigenvalue weighted by molar-refractivity contribution is -0.171. The highest BCUT2D eigenvalue weighted by molar-refractivity contribution is 8.01. The first-order valence-corrected chi connectivity index (χ1v) is 11.0. The highest BCUT2D eigenvalue weighted by Crippen LogP contribution is 2.51. The Balaban J connectivity index is 1.40. The Hall–Kier alpha value is -2.68. The smallest absolute Gasteiger partial charge is 0.330 e. The molecule has 3 aliphatic heterocycles. The number of benzene rings is 1. The van der Waals surface area contributed by atoms with E-state index in [9.17, 15) is 14.4 Å². The van der Waals surface area contributed by atoms with Crippen molar-refractivity contribution in [2.75, 3.05) is 6.79 Å². The summed E-state index contributed by atoms with van der Waals surface area (Å²) in [7, 11) is 0. The Kier molecular flexibility index (Phi) is 5.20. The number of hydrogen-bond donors (Lipinski definition) is 1. The van der Waals surface area contributed by atoms with E-state index in [0.717, 1.165) is 5.56 Å². The number of β-lactam (4-membered cyclic amide) rings is 1. The molecule has 1 aromatic carbocycles. The number of rotatable bonds is 4. The van der Waals surface area contributed by atoms with Crippen LogP contribution in [0.5, 0.6) is 11.5 Å². The quantitative estimate of drug-likeness (QED) is 0.431. The van der Waals surface area contributed by atoms with E-state index in [1.165, 1.54) is 22.7 Å². The second-order valence-corrected chi connectivity index (χ2v) is 11.0. The number of thioether (sulfide) groups is 1. The van der Waals surface area contributed by atoms with E-state index in [4.69, 9.17) is 14.2 Å². The number of nitrogens with one attached hydrogen (secondary N) is 1. The highest BCUT2D eigenvalue weighted by atomic mass is 32.2. The molecule has 9 heteroatoms. The Bertz CT molecular complexity index is 967. The van der Waals surface area contributed by atoms with Crippen LogP contribution >= 0.6 is 11.8 Å². The topological polar surface area (TPSA) is 94.2 Å². The minimum atomic E-state index is -0.688.